The van der Waals surface area contributed by atoms with Gasteiger partial charge in [0.2, 0.25) is 0 Å². The van der Waals surface area contributed by atoms with Crippen molar-refractivity contribution >= 4 is 0 Å². The van der Waals surface area contributed by atoms with Crippen LogP contribution in [-0.4, -0.2) is 30.2 Å². The summed E-state index contributed by atoms with van der Waals surface area (Å²) in [6, 6.07) is 0. The van der Waals surface area contributed by atoms with Gasteiger partial charge in [-0.25, -0.2) is 0 Å². The van der Waals surface area contributed by atoms with Crippen LogP contribution < -0.4 is 5.32 Å². The number of hydrogen-bond acceptors (Lipinski definition) is 5. The Balaban J connectivity index is 1.77. The van der Waals surface area contributed by atoms with E-state index in [2.05, 4.69) is 10.5 Å². The highest BCUT2D eigenvalue weighted by atomic mass is 16.7. The lowest BCUT2D eigenvalue weighted by atomic mass is 10.2. The molecule has 1 saturated heterocycles. The molecule has 2 heterocycles. The van der Waals surface area contributed by atoms with Crippen molar-refractivity contribution in [3.63, 3.8) is 0 Å². The van der Waals surface area contributed by atoms with Crippen molar-refractivity contribution in [1.29, 1.82) is 0 Å². The van der Waals surface area contributed by atoms with Gasteiger partial charge in [0.15, 0.2) is 5.79 Å². The van der Waals surface area contributed by atoms with E-state index in [9.17, 15) is 0 Å². The van der Waals surface area contributed by atoms with Gasteiger partial charge in [-0.3, -0.25) is 0 Å². The molecule has 5 nitrogen and oxygen atoms in total. The molecule has 5 heteroatoms. The maximum absolute atomic E-state index is 5.70. The summed E-state index contributed by atoms with van der Waals surface area (Å²) < 4.78 is 16.3. The second-order valence-electron chi connectivity index (χ2n) is 4.88. The molecule has 0 radical (unpaired) electrons. The van der Waals surface area contributed by atoms with Crippen LogP contribution in [0.2, 0.25) is 0 Å². The van der Waals surface area contributed by atoms with Gasteiger partial charge < -0.3 is 19.3 Å². The van der Waals surface area contributed by atoms with Crippen molar-refractivity contribution in [3.8, 4) is 0 Å². The molecule has 0 aromatic carbocycles. The van der Waals surface area contributed by atoms with E-state index in [0.29, 0.717) is 6.61 Å². The van der Waals surface area contributed by atoms with E-state index < -0.39 is 5.79 Å². The third-order valence-electron chi connectivity index (χ3n) is 2.92. The smallest absolute Gasteiger partial charge is 0.163 e. The van der Waals surface area contributed by atoms with Crippen molar-refractivity contribution in [1.82, 2.24) is 10.5 Å². The molecular weight excluding hydrogens is 220 g/mol. The zero-order valence-corrected chi connectivity index (χ0v) is 10.9. The third kappa shape index (κ3) is 3.06. The van der Waals surface area contributed by atoms with E-state index in [1.807, 2.05) is 27.7 Å². The van der Waals surface area contributed by atoms with Crippen LogP contribution in [0.25, 0.3) is 0 Å². The normalized spacial score (nSPS) is 23.2. The fourth-order valence-electron chi connectivity index (χ4n) is 1.98. The highest BCUT2D eigenvalue weighted by molar-refractivity contribution is 5.20. The van der Waals surface area contributed by atoms with E-state index in [1.54, 1.807) is 0 Å². The van der Waals surface area contributed by atoms with Crippen molar-refractivity contribution < 1.29 is 14.0 Å². The molecule has 1 aliphatic heterocycles. The predicted molar refractivity (Wildman–Crippen MR) is 62.6 cm³/mol. The predicted octanol–water partition coefficient (Wildman–Crippen LogP) is 1.53. The largest absolute Gasteiger partial charge is 0.361 e. The SMILES string of the molecule is Cc1noc(C)c1CNCC1COC(C)(C)O1. The molecular formula is C12H20N2O3. The molecule has 0 amide bonds. The van der Waals surface area contributed by atoms with E-state index in [1.165, 1.54) is 0 Å². The number of aromatic nitrogens is 1. The minimum atomic E-state index is -0.449. The summed E-state index contributed by atoms with van der Waals surface area (Å²) in [5.74, 6) is 0.425. The van der Waals surface area contributed by atoms with Crippen LogP contribution in [0.3, 0.4) is 0 Å². The summed E-state index contributed by atoms with van der Waals surface area (Å²) in [7, 11) is 0. The first kappa shape index (κ1) is 12.5. The maximum atomic E-state index is 5.70. The highest BCUT2D eigenvalue weighted by Gasteiger charge is 2.32. The standard InChI is InChI=1S/C12H20N2O3/c1-8-11(9(2)17-14-8)6-13-5-10-7-15-12(3,4)16-10/h10,13H,5-7H2,1-4H3. The number of nitrogens with zero attached hydrogens (tertiary/aromatic N) is 1. The lowest BCUT2D eigenvalue weighted by molar-refractivity contribution is -0.137. The topological polar surface area (TPSA) is 56.5 Å². The Kier molecular flexibility index (Phi) is 3.51. The maximum Gasteiger partial charge on any atom is 0.163 e. The average Bonchev–Trinajstić information content (AvgIpc) is 2.74. The molecule has 1 atom stereocenters. The molecule has 0 bridgehead atoms. The van der Waals surface area contributed by atoms with Gasteiger partial charge in [-0.2, -0.15) is 0 Å². The molecule has 2 rings (SSSR count). The molecule has 1 aliphatic rings. The zero-order valence-electron chi connectivity index (χ0n) is 10.9. The number of aryl methyl sites for hydroxylation is 2. The highest BCUT2D eigenvalue weighted by Crippen LogP contribution is 2.21. The van der Waals surface area contributed by atoms with Crippen LogP contribution in [0.5, 0.6) is 0 Å². The number of hydrogen-bond donors (Lipinski definition) is 1. The number of rotatable bonds is 4. The molecule has 0 aliphatic carbocycles. The number of nitrogens with one attached hydrogen (secondary N) is 1. The van der Waals surface area contributed by atoms with E-state index >= 15 is 0 Å². The van der Waals surface area contributed by atoms with Gasteiger partial charge in [-0.1, -0.05) is 5.16 Å². The van der Waals surface area contributed by atoms with Crippen LogP contribution in [0.4, 0.5) is 0 Å². The van der Waals surface area contributed by atoms with Crippen molar-refractivity contribution in [2.24, 2.45) is 0 Å². The molecule has 17 heavy (non-hydrogen) atoms. The molecule has 1 N–H and O–H groups in total. The molecule has 1 fully saturated rings. The van der Waals surface area contributed by atoms with Crippen LogP contribution in [0.1, 0.15) is 30.9 Å². The van der Waals surface area contributed by atoms with E-state index in [4.69, 9.17) is 14.0 Å². The Morgan fingerprint density at radius 1 is 1.41 bits per heavy atom. The third-order valence-corrected chi connectivity index (χ3v) is 2.92. The van der Waals surface area contributed by atoms with Crippen LogP contribution in [-0.2, 0) is 16.0 Å². The van der Waals surface area contributed by atoms with Crippen molar-refractivity contribution in [2.75, 3.05) is 13.2 Å². The first-order chi connectivity index (χ1) is 7.98. The first-order valence-corrected chi connectivity index (χ1v) is 5.92. The average molecular weight is 240 g/mol. The number of ether oxygens (including phenoxy) is 2. The summed E-state index contributed by atoms with van der Waals surface area (Å²) in [4.78, 5) is 0. The lowest BCUT2D eigenvalue weighted by Crippen LogP contribution is -2.30. The Morgan fingerprint density at radius 3 is 2.71 bits per heavy atom. The van der Waals surface area contributed by atoms with Crippen LogP contribution in [0.15, 0.2) is 4.52 Å². The zero-order chi connectivity index (χ0) is 12.5. The molecule has 96 valence electrons. The Hall–Kier alpha value is -0.910. The Morgan fingerprint density at radius 2 is 2.18 bits per heavy atom. The quantitative estimate of drug-likeness (QED) is 0.865. The molecule has 1 aromatic heterocycles. The summed E-state index contributed by atoms with van der Waals surface area (Å²) >= 11 is 0. The molecule has 0 spiro atoms. The van der Waals surface area contributed by atoms with Gasteiger partial charge in [0.25, 0.3) is 0 Å². The van der Waals surface area contributed by atoms with Crippen molar-refractivity contribution in [3.05, 3.63) is 17.0 Å². The minimum Gasteiger partial charge on any atom is -0.361 e. The molecule has 1 unspecified atom stereocenters. The molecule has 0 saturated carbocycles. The summed E-state index contributed by atoms with van der Waals surface area (Å²) in [6.45, 7) is 9.90. The lowest BCUT2D eigenvalue weighted by Gasteiger charge is -2.17. The monoisotopic (exact) mass is 240 g/mol. The first-order valence-electron chi connectivity index (χ1n) is 5.92. The summed E-state index contributed by atoms with van der Waals surface area (Å²) in [5, 5.41) is 7.26. The molecule has 1 aromatic rings. The second kappa shape index (κ2) is 4.76. The van der Waals surface area contributed by atoms with E-state index in [-0.39, 0.29) is 6.10 Å². The van der Waals surface area contributed by atoms with Crippen LogP contribution in [0, 0.1) is 13.8 Å². The van der Waals surface area contributed by atoms with Gasteiger partial charge in [-0.15, -0.1) is 0 Å². The minimum absolute atomic E-state index is 0.116. The van der Waals surface area contributed by atoms with Gasteiger partial charge in [0, 0.05) is 18.7 Å². The fourth-order valence-corrected chi connectivity index (χ4v) is 1.98. The van der Waals surface area contributed by atoms with Gasteiger partial charge >= 0.3 is 0 Å². The van der Waals surface area contributed by atoms with Gasteiger partial charge in [0.1, 0.15) is 5.76 Å². The van der Waals surface area contributed by atoms with Gasteiger partial charge in [-0.05, 0) is 27.7 Å². The fraction of sp³-hybridized carbons (Fsp3) is 0.750. The summed E-state index contributed by atoms with van der Waals surface area (Å²) in [5.41, 5.74) is 2.07. The second-order valence-corrected chi connectivity index (χ2v) is 4.88. The van der Waals surface area contributed by atoms with E-state index in [0.717, 1.165) is 30.1 Å². The van der Waals surface area contributed by atoms with Crippen molar-refractivity contribution in [2.45, 2.75) is 46.1 Å². The Labute approximate surface area is 101 Å². The van der Waals surface area contributed by atoms with Gasteiger partial charge in [0.05, 0.1) is 18.4 Å². The summed E-state index contributed by atoms with van der Waals surface area (Å²) in [6.07, 6.45) is 0.116. The Bertz CT molecular complexity index is 368. The van der Waals surface area contributed by atoms with Crippen LogP contribution >= 0.6 is 0 Å².